The number of alkyl halides is 3. The second kappa shape index (κ2) is 4.40. The summed E-state index contributed by atoms with van der Waals surface area (Å²) in [5.41, 5.74) is -0.525. The minimum atomic E-state index is -4.41. The largest absolute Gasteiger partial charge is 0.416 e. The molecular weight excluding hydrogens is 227 g/mol. The van der Waals surface area contributed by atoms with Crippen molar-refractivity contribution in [1.82, 2.24) is 0 Å². The van der Waals surface area contributed by atoms with Gasteiger partial charge in [-0.1, -0.05) is 20.8 Å². The van der Waals surface area contributed by atoms with Crippen LogP contribution < -0.4 is 0 Å². The molecule has 92 valence electrons. The Kier molecular flexibility index (Phi) is 3.51. The van der Waals surface area contributed by atoms with E-state index in [2.05, 4.69) is 0 Å². The van der Waals surface area contributed by atoms with Gasteiger partial charge in [0, 0.05) is 0 Å². The van der Waals surface area contributed by atoms with Crippen molar-refractivity contribution in [2.24, 2.45) is 0 Å². The molecule has 1 aromatic carbocycles. The Morgan fingerprint density at radius 1 is 1.12 bits per heavy atom. The highest BCUT2D eigenvalue weighted by molar-refractivity contribution is 5.41. The predicted molar refractivity (Wildman–Crippen MR) is 59.5 cm³/mol. The molecule has 0 radical (unpaired) electrons. The maximum absolute atomic E-state index is 12.7. The third-order valence-electron chi connectivity index (χ3n) is 3.05. The number of rotatable bonds is 2. The second-order valence-corrected chi connectivity index (χ2v) is 4.65. The zero-order valence-corrected chi connectivity index (χ0v) is 10.0. The van der Waals surface area contributed by atoms with Crippen LogP contribution in [0.5, 0.6) is 0 Å². The van der Waals surface area contributed by atoms with Crippen LogP contribution in [0.3, 0.4) is 0 Å². The molecule has 0 fully saturated rings. The van der Waals surface area contributed by atoms with Crippen LogP contribution >= 0.6 is 0 Å². The average Bonchev–Trinajstić information content (AvgIpc) is 2.27. The summed E-state index contributed by atoms with van der Waals surface area (Å²) in [5.74, 6) is 0. The monoisotopic (exact) mass is 241 g/mol. The Labute approximate surface area is 98.9 Å². The predicted octanol–water partition coefficient (Wildman–Crippen LogP) is 4.26. The molecule has 0 amide bonds. The summed E-state index contributed by atoms with van der Waals surface area (Å²) in [5, 5.41) is 8.77. The SMILES string of the molecule is CCC(C)(C)c1cc(C#N)cc(C(F)(F)F)c1. The summed E-state index contributed by atoms with van der Waals surface area (Å²) in [4.78, 5) is 0. The molecule has 0 unspecified atom stereocenters. The van der Waals surface area contributed by atoms with E-state index >= 15 is 0 Å². The van der Waals surface area contributed by atoms with Crippen molar-refractivity contribution in [3.8, 4) is 6.07 Å². The summed E-state index contributed by atoms with van der Waals surface area (Å²) in [7, 11) is 0. The number of hydrogen-bond donors (Lipinski definition) is 0. The van der Waals surface area contributed by atoms with Crippen LogP contribution in [0.4, 0.5) is 13.2 Å². The maximum Gasteiger partial charge on any atom is 0.416 e. The summed E-state index contributed by atoms with van der Waals surface area (Å²) in [6.45, 7) is 5.64. The van der Waals surface area contributed by atoms with Crippen LogP contribution in [0.1, 0.15) is 43.9 Å². The first kappa shape index (κ1) is 13.6. The van der Waals surface area contributed by atoms with Gasteiger partial charge in [-0.3, -0.25) is 0 Å². The smallest absolute Gasteiger partial charge is 0.192 e. The minimum absolute atomic E-state index is 0.0522. The minimum Gasteiger partial charge on any atom is -0.192 e. The Balaban J connectivity index is 3.40. The van der Waals surface area contributed by atoms with Crippen molar-refractivity contribution < 1.29 is 13.2 Å². The van der Waals surface area contributed by atoms with Crippen LogP contribution in [-0.2, 0) is 11.6 Å². The van der Waals surface area contributed by atoms with Crippen molar-refractivity contribution in [2.45, 2.75) is 38.8 Å². The molecule has 0 saturated heterocycles. The van der Waals surface area contributed by atoms with E-state index in [1.54, 1.807) is 6.07 Å². The van der Waals surface area contributed by atoms with Crippen LogP contribution in [0.15, 0.2) is 18.2 Å². The number of benzene rings is 1. The van der Waals surface area contributed by atoms with E-state index in [-0.39, 0.29) is 11.0 Å². The van der Waals surface area contributed by atoms with Crippen LogP contribution in [0.25, 0.3) is 0 Å². The highest BCUT2D eigenvalue weighted by Crippen LogP contribution is 2.34. The van der Waals surface area contributed by atoms with Crippen molar-refractivity contribution in [1.29, 1.82) is 5.26 Å². The molecule has 0 aromatic heterocycles. The third kappa shape index (κ3) is 3.00. The van der Waals surface area contributed by atoms with Gasteiger partial charge in [-0.25, -0.2) is 0 Å². The van der Waals surface area contributed by atoms with E-state index in [9.17, 15) is 13.2 Å². The van der Waals surface area contributed by atoms with Crippen LogP contribution in [0, 0.1) is 11.3 Å². The highest BCUT2D eigenvalue weighted by atomic mass is 19.4. The van der Waals surface area contributed by atoms with Gasteiger partial charge in [-0.05, 0) is 35.6 Å². The first-order valence-corrected chi connectivity index (χ1v) is 5.33. The molecule has 1 aromatic rings. The maximum atomic E-state index is 12.7. The lowest BCUT2D eigenvalue weighted by Gasteiger charge is -2.24. The van der Waals surface area contributed by atoms with E-state index in [4.69, 9.17) is 5.26 Å². The molecule has 1 rings (SSSR count). The summed E-state index contributed by atoms with van der Waals surface area (Å²) in [6.07, 6.45) is -3.70. The van der Waals surface area contributed by atoms with Gasteiger partial charge >= 0.3 is 6.18 Å². The zero-order valence-electron chi connectivity index (χ0n) is 10.0. The van der Waals surface area contributed by atoms with Gasteiger partial charge in [0.1, 0.15) is 0 Å². The van der Waals surface area contributed by atoms with E-state index in [1.807, 2.05) is 20.8 Å². The van der Waals surface area contributed by atoms with Gasteiger partial charge in [0.15, 0.2) is 0 Å². The Morgan fingerprint density at radius 3 is 2.06 bits per heavy atom. The Morgan fingerprint density at radius 2 is 1.65 bits per heavy atom. The van der Waals surface area contributed by atoms with Crippen LogP contribution in [0.2, 0.25) is 0 Å². The summed E-state index contributed by atoms with van der Waals surface area (Å²) < 4.78 is 38.0. The quantitative estimate of drug-likeness (QED) is 0.758. The fourth-order valence-corrected chi connectivity index (χ4v) is 1.45. The fourth-order valence-electron chi connectivity index (χ4n) is 1.45. The van der Waals surface area contributed by atoms with Gasteiger partial charge in [0.05, 0.1) is 17.2 Å². The van der Waals surface area contributed by atoms with E-state index in [0.717, 1.165) is 12.1 Å². The van der Waals surface area contributed by atoms with Crippen LogP contribution in [-0.4, -0.2) is 0 Å². The first-order valence-electron chi connectivity index (χ1n) is 5.33. The van der Waals surface area contributed by atoms with Gasteiger partial charge in [0.25, 0.3) is 0 Å². The number of hydrogen-bond acceptors (Lipinski definition) is 1. The molecule has 0 aliphatic carbocycles. The lowest BCUT2D eigenvalue weighted by molar-refractivity contribution is -0.137. The first-order chi connectivity index (χ1) is 7.70. The molecule has 0 aliphatic heterocycles. The summed E-state index contributed by atoms with van der Waals surface area (Å²) in [6, 6.07) is 5.32. The lowest BCUT2D eigenvalue weighted by Crippen LogP contribution is -2.17. The molecule has 0 bridgehead atoms. The molecule has 4 heteroatoms. The highest BCUT2D eigenvalue weighted by Gasteiger charge is 2.32. The third-order valence-corrected chi connectivity index (χ3v) is 3.05. The van der Waals surface area contributed by atoms with Crippen molar-refractivity contribution in [3.05, 3.63) is 34.9 Å². The van der Waals surface area contributed by atoms with E-state index < -0.39 is 11.7 Å². The Bertz CT molecular complexity index is 453. The standard InChI is InChI=1S/C13H14F3N/c1-4-12(2,3)10-5-9(8-17)6-11(7-10)13(14,15)16/h5-7H,4H2,1-3H3. The summed E-state index contributed by atoms with van der Waals surface area (Å²) >= 11 is 0. The molecule has 17 heavy (non-hydrogen) atoms. The van der Waals surface area contributed by atoms with Gasteiger partial charge in [0.2, 0.25) is 0 Å². The molecular formula is C13H14F3N. The second-order valence-electron chi connectivity index (χ2n) is 4.65. The fraction of sp³-hybridized carbons (Fsp3) is 0.462. The van der Waals surface area contributed by atoms with Gasteiger partial charge in [-0.15, -0.1) is 0 Å². The molecule has 0 aliphatic rings. The topological polar surface area (TPSA) is 23.8 Å². The van der Waals surface area contributed by atoms with Crippen molar-refractivity contribution >= 4 is 0 Å². The molecule has 1 nitrogen and oxygen atoms in total. The number of nitrogens with zero attached hydrogens (tertiary/aromatic N) is 1. The molecule has 0 heterocycles. The average molecular weight is 241 g/mol. The number of nitriles is 1. The molecule has 0 saturated carbocycles. The Hall–Kier alpha value is -1.50. The normalized spacial score (nSPS) is 12.3. The molecule has 0 spiro atoms. The van der Waals surface area contributed by atoms with Gasteiger partial charge in [-0.2, -0.15) is 18.4 Å². The zero-order chi connectivity index (χ0) is 13.3. The lowest BCUT2D eigenvalue weighted by atomic mass is 9.81. The van der Waals surface area contributed by atoms with Crippen molar-refractivity contribution in [3.63, 3.8) is 0 Å². The van der Waals surface area contributed by atoms with Gasteiger partial charge < -0.3 is 0 Å². The number of halogens is 3. The van der Waals surface area contributed by atoms with E-state index in [0.29, 0.717) is 12.0 Å². The molecule has 0 atom stereocenters. The van der Waals surface area contributed by atoms with E-state index in [1.165, 1.54) is 6.07 Å². The molecule has 0 N–H and O–H groups in total. The van der Waals surface area contributed by atoms with Crippen molar-refractivity contribution in [2.75, 3.05) is 0 Å².